The summed E-state index contributed by atoms with van der Waals surface area (Å²) in [6.45, 7) is 5.89. The fraction of sp³-hybridized carbons (Fsp3) is 0.946. The summed E-state index contributed by atoms with van der Waals surface area (Å²) in [7, 11) is -8.40. The average Bonchev–Trinajstić information content (AvgIpc) is 3.20. The number of hydrogen-bond acceptors (Lipinski definition) is 20. The summed E-state index contributed by atoms with van der Waals surface area (Å²) in [5.41, 5.74) is 5.91. The lowest BCUT2D eigenvalue weighted by Crippen LogP contribution is -2.62. The summed E-state index contributed by atoms with van der Waals surface area (Å²) in [5, 5.41) is 30.6. The minimum absolute atomic E-state index is 0.0159. The lowest BCUT2D eigenvalue weighted by molar-refractivity contribution is -0.267. The van der Waals surface area contributed by atoms with Crippen molar-refractivity contribution in [2.45, 2.75) is 141 Å². The largest absolute Gasteiger partial charge is 0.472 e. The van der Waals surface area contributed by atoms with Crippen LogP contribution in [0.4, 0.5) is 0 Å². The monoisotopic (exact) mass is 927 g/mol. The average molecular weight is 928 g/mol. The van der Waals surface area contributed by atoms with Crippen LogP contribution in [0, 0.1) is 5.92 Å². The SMILES string of the molecule is CC(=O)OCC1CC(O)[C@H](C)[C@H](OCCCCCCOP(=O)(O)OCCCOCCOCCCOP(=O)(O)OCCCCCCO[C@@H]2OC(COC(C)=O)[C@H](O)[C@H](O)C2N)O1. The zero-order valence-electron chi connectivity index (χ0n) is 35.7. The van der Waals surface area contributed by atoms with Crippen molar-refractivity contribution >= 4 is 27.6 Å². The highest BCUT2D eigenvalue weighted by Gasteiger charge is 2.43. The fourth-order valence-electron chi connectivity index (χ4n) is 5.94. The number of nitrogens with two attached hydrogens (primary N) is 1. The summed E-state index contributed by atoms with van der Waals surface area (Å²) in [6.07, 6.45) is 0.0827. The Morgan fingerprint density at radius 1 is 0.590 bits per heavy atom. The number of rotatable bonds is 35. The summed E-state index contributed by atoms with van der Waals surface area (Å²) in [6, 6.07) is -0.990. The normalized spacial score (nSPS) is 27.6. The first-order chi connectivity index (χ1) is 29.0. The molecule has 0 aromatic rings. The molecule has 0 radical (unpaired) electrons. The van der Waals surface area contributed by atoms with E-state index in [1.54, 1.807) is 0 Å². The molecular formula is C37H71NO21P2. The molecular weight excluding hydrogens is 856 g/mol. The standard InChI is InChI=1S/C37H71NO21P2/c1-27-31(41)24-30(25-52-28(2)39)58-36(27)50-16-8-4-6-10-18-54-60(44,45)56-20-12-14-48-22-23-49-15-13-21-57-61(46,47)55-19-11-7-5-9-17-51-37-33(38)35(43)34(42)32(59-37)26-53-29(3)40/h27,30-37,41-43H,4-26,38H2,1-3H3,(H,44,45)(H,46,47)/t27-,30?,31?,32?,33?,34-,35+,36+,37+/m0/s1. The molecule has 11 atom stereocenters. The van der Waals surface area contributed by atoms with Crippen LogP contribution in [0.3, 0.4) is 0 Å². The molecule has 0 aromatic heterocycles. The molecule has 2 aliphatic rings. The Balaban J connectivity index is 1.36. The molecule has 61 heavy (non-hydrogen) atoms. The van der Waals surface area contributed by atoms with Crippen molar-refractivity contribution in [3.05, 3.63) is 0 Å². The van der Waals surface area contributed by atoms with E-state index in [2.05, 4.69) is 0 Å². The minimum Gasteiger partial charge on any atom is -0.463 e. The number of aliphatic hydroxyl groups is 3. The highest BCUT2D eigenvalue weighted by Crippen LogP contribution is 2.44. The van der Waals surface area contributed by atoms with Crippen molar-refractivity contribution in [1.82, 2.24) is 0 Å². The molecule has 2 saturated heterocycles. The van der Waals surface area contributed by atoms with Crippen molar-refractivity contribution in [1.29, 1.82) is 0 Å². The van der Waals surface area contributed by atoms with Crippen molar-refractivity contribution in [2.24, 2.45) is 11.7 Å². The number of carbonyl (C=O) groups is 2. The first kappa shape index (κ1) is 55.9. The van der Waals surface area contributed by atoms with E-state index in [1.165, 1.54) is 13.8 Å². The second-order valence-electron chi connectivity index (χ2n) is 14.8. The lowest BCUT2D eigenvalue weighted by atomic mass is 9.95. The summed E-state index contributed by atoms with van der Waals surface area (Å²) in [4.78, 5) is 41.9. The molecule has 360 valence electrons. The topological polar surface area (TPSA) is 306 Å². The van der Waals surface area contributed by atoms with Gasteiger partial charge in [0.25, 0.3) is 0 Å². The van der Waals surface area contributed by atoms with Crippen LogP contribution < -0.4 is 5.73 Å². The van der Waals surface area contributed by atoms with Crippen LogP contribution in [0.25, 0.3) is 0 Å². The van der Waals surface area contributed by atoms with E-state index in [-0.39, 0.29) is 78.6 Å². The van der Waals surface area contributed by atoms with E-state index >= 15 is 0 Å². The van der Waals surface area contributed by atoms with Gasteiger partial charge >= 0.3 is 27.6 Å². The molecule has 0 spiro atoms. The van der Waals surface area contributed by atoms with Gasteiger partial charge in [0, 0.05) is 52.6 Å². The molecule has 22 nitrogen and oxygen atoms in total. The van der Waals surface area contributed by atoms with Crippen molar-refractivity contribution in [3.8, 4) is 0 Å². The number of esters is 2. The predicted octanol–water partition coefficient (Wildman–Crippen LogP) is 2.23. The Kier molecular flexibility index (Phi) is 29.0. The molecule has 0 amide bonds. The number of unbranched alkanes of at least 4 members (excludes halogenated alkanes) is 6. The number of carbonyl (C=O) groups excluding carboxylic acids is 2. The van der Waals surface area contributed by atoms with Crippen LogP contribution in [-0.4, -0.2) is 165 Å². The maximum absolute atomic E-state index is 12.1. The van der Waals surface area contributed by atoms with Crippen molar-refractivity contribution < 1.29 is 99.8 Å². The van der Waals surface area contributed by atoms with Crippen LogP contribution in [0.5, 0.6) is 0 Å². The van der Waals surface area contributed by atoms with Gasteiger partial charge < -0.3 is 68.7 Å². The van der Waals surface area contributed by atoms with E-state index in [9.17, 15) is 43.8 Å². The summed E-state index contributed by atoms with van der Waals surface area (Å²) >= 11 is 0. The van der Waals surface area contributed by atoms with Gasteiger partial charge in [-0.1, -0.05) is 32.6 Å². The maximum Gasteiger partial charge on any atom is 0.472 e. The molecule has 24 heteroatoms. The van der Waals surface area contributed by atoms with E-state index in [4.69, 9.17) is 61.7 Å². The van der Waals surface area contributed by atoms with Gasteiger partial charge in [0.05, 0.1) is 57.9 Å². The number of hydrogen-bond donors (Lipinski definition) is 6. The van der Waals surface area contributed by atoms with Gasteiger partial charge in [-0.15, -0.1) is 0 Å². The number of ether oxygens (including phenoxy) is 8. The molecule has 2 heterocycles. The Bertz CT molecular complexity index is 1290. The third-order valence-corrected chi connectivity index (χ3v) is 11.5. The van der Waals surface area contributed by atoms with E-state index in [0.717, 1.165) is 19.3 Å². The fourth-order valence-corrected chi connectivity index (χ4v) is 7.52. The molecule has 0 aliphatic carbocycles. The molecule has 2 fully saturated rings. The maximum atomic E-state index is 12.1. The summed E-state index contributed by atoms with van der Waals surface area (Å²) < 4.78 is 87.7. The number of phosphoric ester groups is 2. The van der Waals surface area contributed by atoms with Crippen LogP contribution in [-0.2, 0) is 74.7 Å². The highest BCUT2D eigenvalue weighted by atomic mass is 31.2. The predicted molar refractivity (Wildman–Crippen MR) is 214 cm³/mol. The molecule has 7 N–H and O–H groups in total. The van der Waals surface area contributed by atoms with Crippen LogP contribution >= 0.6 is 15.6 Å². The Morgan fingerprint density at radius 3 is 1.52 bits per heavy atom. The smallest absolute Gasteiger partial charge is 0.463 e. The molecule has 6 unspecified atom stereocenters. The van der Waals surface area contributed by atoms with E-state index in [0.29, 0.717) is 58.0 Å². The Labute approximate surface area is 358 Å². The van der Waals surface area contributed by atoms with Gasteiger partial charge in [-0.25, -0.2) is 9.13 Å². The quantitative estimate of drug-likeness (QED) is 0.0302. The highest BCUT2D eigenvalue weighted by molar-refractivity contribution is 7.47. The molecule has 0 saturated carbocycles. The molecule has 0 bridgehead atoms. The van der Waals surface area contributed by atoms with Crippen LogP contribution in [0.1, 0.15) is 91.4 Å². The molecule has 0 aromatic carbocycles. The lowest BCUT2D eigenvalue weighted by Gasteiger charge is -2.40. The first-order valence-electron chi connectivity index (χ1n) is 21.0. The van der Waals surface area contributed by atoms with Crippen LogP contribution in [0.15, 0.2) is 0 Å². The number of phosphoric acid groups is 2. The second-order valence-corrected chi connectivity index (χ2v) is 17.7. The zero-order valence-corrected chi connectivity index (χ0v) is 37.5. The third kappa shape index (κ3) is 25.7. The zero-order chi connectivity index (χ0) is 45.1. The first-order valence-corrected chi connectivity index (χ1v) is 24.0. The molecule has 2 rings (SSSR count). The van der Waals surface area contributed by atoms with Crippen molar-refractivity contribution in [2.75, 3.05) is 79.3 Å². The van der Waals surface area contributed by atoms with Gasteiger partial charge in [0.2, 0.25) is 0 Å². The summed E-state index contributed by atoms with van der Waals surface area (Å²) in [5.74, 6) is -1.19. The minimum atomic E-state index is -4.22. The van der Waals surface area contributed by atoms with Gasteiger partial charge in [-0.2, -0.15) is 0 Å². The van der Waals surface area contributed by atoms with Crippen molar-refractivity contribution in [3.63, 3.8) is 0 Å². The van der Waals surface area contributed by atoms with Gasteiger partial charge in [-0.3, -0.25) is 27.7 Å². The second kappa shape index (κ2) is 31.6. The third-order valence-electron chi connectivity index (χ3n) is 9.44. The van der Waals surface area contributed by atoms with Crippen LogP contribution in [0.2, 0.25) is 0 Å². The Morgan fingerprint density at radius 2 is 1.03 bits per heavy atom. The van der Waals surface area contributed by atoms with Gasteiger partial charge in [-0.05, 0) is 38.5 Å². The van der Waals surface area contributed by atoms with E-state index < -0.39 is 76.7 Å². The molecule has 2 aliphatic heterocycles. The Hall–Kier alpha value is -1.24. The van der Waals surface area contributed by atoms with E-state index in [1.807, 2.05) is 6.92 Å². The number of aliphatic hydroxyl groups excluding tert-OH is 3. The van der Waals surface area contributed by atoms with Gasteiger partial charge in [0.1, 0.15) is 31.5 Å². The van der Waals surface area contributed by atoms with Gasteiger partial charge in [0.15, 0.2) is 12.6 Å².